The molecule has 0 spiro atoms. The molecule has 0 radical (unpaired) electrons. The summed E-state index contributed by atoms with van der Waals surface area (Å²) in [6.07, 6.45) is 4.98. The van der Waals surface area contributed by atoms with Crippen molar-refractivity contribution in [3.05, 3.63) is 29.8 Å². The fourth-order valence-corrected chi connectivity index (χ4v) is 6.55. The Kier molecular flexibility index (Phi) is 7.01. The van der Waals surface area contributed by atoms with Gasteiger partial charge in [-0.3, -0.25) is 9.59 Å². The maximum Gasteiger partial charge on any atom is 0.317 e. The first kappa shape index (κ1) is 24.0. The molecule has 1 aromatic rings. The van der Waals surface area contributed by atoms with E-state index in [-0.39, 0.29) is 29.3 Å². The third-order valence-electron chi connectivity index (χ3n) is 7.41. The zero-order valence-electron chi connectivity index (χ0n) is 20.0. The Labute approximate surface area is 188 Å². The normalized spacial score (nSPS) is 23.6. The van der Waals surface area contributed by atoms with Crippen LogP contribution in [0, 0.1) is 5.92 Å². The molecule has 3 rings (SSSR count). The molecule has 1 aromatic carbocycles. The topological polar surface area (TPSA) is 61.8 Å². The highest BCUT2D eigenvalue weighted by molar-refractivity contribution is 6.74. The maximum absolute atomic E-state index is 13.5. The Morgan fingerprint density at radius 2 is 1.81 bits per heavy atom. The summed E-state index contributed by atoms with van der Waals surface area (Å²) in [5.41, 5.74) is 0.298. The summed E-state index contributed by atoms with van der Waals surface area (Å²) in [4.78, 5) is 26.1. The summed E-state index contributed by atoms with van der Waals surface area (Å²) in [6, 6.07) is 7.58. The highest BCUT2D eigenvalue weighted by atomic mass is 28.4. The van der Waals surface area contributed by atoms with Gasteiger partial charge in [0.05, 0.1) is 24.5 Å². The van der Waals surface area contributed by atoms with E-state index in [1.165, 1.54) is 0 Å². The first-order valence-corrected chi connectivity index (χ1v) is 14.6. The second kappa shape index (κ2) is 9.06. The number of fused-ring (bicyclic) bond motifs is 1. The van der Waals surface area contributed by atoms with E-state index >= 15 is 0 Å². The highest BCUT2D eigenvalue weighted by Gasteiger charge is 2.56. The quantitative estimate of drug-likeness (QED) is 0.305. The van der Waals surface area contributed by atoms with Crippen molar-refractivity contribution < 1.29 is 23.5 Å². The molecule has 0 amide bonds. The van der Waals surface area contributed by atoms with Crippen molar-refractivity contribution in [2.45, 2.75) is 95.9 Å². The third kappa shape index (κ3) is 4.90. The standard InChI is InChI=1S/C25H38O5Si/c1-7-28-21(26)17-19-18-13-9-10-14-20(18)29-23(27)22(19)25(15-11-8-12-16-25)30-31(5,6)24(2,3)4/h9-10,13-14,19,22H,7-8,11-12,15-17H2,1-6H3/t19-,22+/m1/s1. The van der Waals surface area contributed by atoms with Crippen molar-refractivity contribution in [3.63, 3.8) is 0 Å². The number of hydrogen-bond donors (Lipinski definition) is 0. The zero-order chi connectivity index (χ0) is 22.9. The Morgan fingerprint density at radius 3 is 2.42 bits per heavy atom. The van der Waals surface area contributed by atoms with Crippen molar-refractivity contribution in [2.24, 2.45) is 5.92 Å². The number of esters is 2. The van der Waals surface area contributed by atoms with E-state index in [1.54, 1.807) is 0 Å². The number of carbonyl (C=O) groups excluding carboxylic acids is 2. The number of hydrogen-bond acceptors (Lipinski definition) is 5. The van der Waals surface area contributed by atoms with E-state index in [4.69, 9.17) is 13.9 Å². The van der Waals surface area contributed by atoms with Crippen LogP contribution in [0.4, 0.5) is 0 Å². The SMILES string of the molecule is CCOC(=O)C[C@@H]1c2ccccc2OC(=O)[C@H]1C1(O[Si](C)(C)C(C)(C)C)CCCCC1. The predicted molar refractivity (Wildman–Crippen MR) is 124 cm³/mol. The van der Waals surface area contributed by atoms with Gasteiger partial charge in [0, 0.05) is 5.92 Å². The average molecular weight is 447 g/mol. The summed E-state index contributed by atoms with van der Waals surface area (Å²) in [5, 5.41) is 0.0184. The van der Waals surface area contributed by atoms with Crippen molar-refractivity contribution in [3.8, 4) is 5.75 Å². The molecule has 5 nitrogen and oxygen atoms in total. The van der Waals surface area contributed by atoms with Gasteiger partial charge < -0.3 is 13.9 Å². The van der Waals surface area contributed by atoms with Crippen LogP contribution in [-0.4, -0.2) is 32.5 Å². The first-order chi connectivity index (χ1) is 14.5. The van der Waals surface area contributed by atoms with Crippen LogP contribution in [0.2, 0.25) is 18.1 Å². The Balaban J connectivity index is 2.08. The molecule has 31 heavy (non-hydrogen) atoms. The maximum atomic E-state index is 13.5. The molecule has 1 fully saturated rings. The smallest absolute Gasteiger partial charge is 0.317 e. The average Bonchev–Trinajstić information content (AvgIpc) is 2.67. The number of para-hydroxylation sites is 1. The minimum absolute atomic E-state index is 0.0184. The van der Waals surface area contributed by atoms with Gasteiger partial charge in [-0.25, -0.2) is 0 Å². The molecule has 1 heterocycles. The van der Waals surface area contributed by atoms with Crippen molar-refractivity contribution in [1.82, 2.24) is 0 Å². The fourth-order valence-electron chi connectivity index (χ4n) is 4.89. The Bertz CT molecular complexity index is 804. The van der Waals surface area contributed by atoms with E-state index in [2.05, 4.69) is 33.9 Å². The fraction of sp³-hybridized carbons (Fsp3) is 0.680. The van der Waals surface area contributed by atoms with Crippen molar-refractivity contribution in [1.29, 1.82) is 0 Å². The largest absolute Gasteiger partial charge is 0.466 e. The van der Waals surface area contributed by atoms with E-state index in [9.17, 15) is 9.59 Å². The molecular formula is C25H38O5Si. The molecule has 0 saturated heterocycles. The molecule has 0 N–H and O–H groups in total. The number of carbonyl (C=O) groups is 2. The van der Waals surface area contributed by atoms with E-state index < -0.39 is 19.8 Å². The van der Waals surface area contributed by atoms with Gasteiger partial charge in [-0.05, 0) is 49.5 Å². The van der Waals surface area contributed by atoms with Gasteiger partial charge >= 0.3 is 11.9 Å². The van der Waals surface area contributed by atoms with Gasteiger partial charge in [0.1, 0.15) is 5.75 Å². The Morgan fingerprint density at radius 1 is 1.16 bits per heavy atom. The van der Waals surface area contributed by atoms with Crippen molar-refractivity contribution >= 4 is 20.3 Å². The lowest BCUT2D eigenvalue weighted by Gasteiger charge is -2.52. The zero-order valence-corrected chi connectivity index (χ0v) is 21.0. The van der Waals surface area contributed by atoms with Crippen LogP contribution in [0.25, 0.3) is 0 Å². The lowest BCUT2D eigenvalue weighted by Crippen LogP contribution is -2.58. The number of ether oxygens (including phenoxy) is 2. The van der Waals surface area contributed by atoms with Crippen LogP contribution in [-0.2, 0) is 18.8 Å². The van der Waals surface area contributed by atoms with Gasteiger partial charge in [-0.1, -0.05) is 58.2 Å². The molecule has 0 unspecified atom stereocenters. The Hall–Kier alpha value is -1.66. The van der Waals surface area contributed by atoms with Crippen LogP contribution in [0.5, 0.6) is 5.75 Å². The van der Waals surface area contributed by atoms with Crippen LogP contribution < -0.4 is 4.74 Å². The number of benzene rings is 1. The van der Waals surface area contributed by atoms with Crippen LogP contribution >= 0.6 is 0 Å². The summed E-state index contributed by atoms with van der Waals surface area (Å²) in [5.74, 6) is -0.814. The van der Waals surface area contributed by atoms with Crippen molar-refractivity contribution in [2.75, 3.05) is 6.61 Å². The molecule has 1 aliphatic heterocycles. The predicted octanol–water partition coefficient (Wildman–Crippen LogP) is 5.98. The summed E-state index contributed by atoms with van der Waals surface area (Å²) >= 11 is 0. The van der Waals surface area contributed by atoms with Gasteiger partial charge in [0.2, 0.25) is 0 Å². The van der Waals surface area contributed by atoms with E-state index in [0.717, 1.165) is 37.7 Å². The van der Waals surface area contributed by atoms with Crippen LogP contribution in [0.3, 0.4) is 0 Å². The molecular weight excluding hydrogens is 408 g/mol. The van der Waals surface area contributed by atoms with Crippen LogP contribution in [0.1, 0.15) is 77.7 Å². The number of rotatable bonds is 6. The van der Waals surface area contributed by atoms with Gasteiger partial charge in [-0.15, -0.1) is 0 Å². The summed E-state index contributed by atoms with van der Waals surface area (Å²) < 4.78 is 18.2. The molecule has 0 bridgehead atoms. The van der Waals surface area contributed by atoms with Gasteiger partial charge in [0.15, 0.2) is 8.32 Å². The molecule has 2 atom stereocenters. The first-order valence-electron chi connectivity index (χ1n) is 11.7. The minimum atomic E-state index is -2.18. The van der Waals surface area contributed by atoms with Gasteiger partial charge in [0.25, 0.3) is 0 Å². The molecule has 172 valence electrons. The molecule has 1 aliphatic carbocycles. The molecule has 1 saturated carbocycles. The lowest BCUT2D eigenvalue weighted by molar-refractivity contribution is -0.157. The second-order valence-corrected chi connectivity index (χ2v) is 15.3. The second-order valence-electron chi connectivity index (χ2n) is 10.5. The summed E-state index contributed by atoms with van der Waals surface area (Å²) in [6.45, 7) is 13.3. The molecule has 2 aliphatic rings. The summed E-state index contributed by atoms with van der Waals surface area (Å²) in [7, 11) is -2.18. The van der Waals surface area contributed by atoms with Gasteiger partial charge in [-0.2, -0.15) is 0 Å². The minimum Gasteiger partial charge on any atom is -0.466 e. The van der Waals surface area contributed by atoms with E-state index in [0.29, 0.717) is 12.4 Å². The molecule has 0 aromatic heterocycles. The lowest BCUT2D eigenvalue weighted by atomic mass is 9.67. The van der Waals surface area contributed by atoms with E-state index in [1.807, 2.05) is 31.2 Å². The third-order valence-corrected chi connectivity index (χ3v) is 11.9. The monoisotopic (exact) mass is 446 g/mol. The molecule has 6 heteroatoms. The van der Waals surface area contributed by atoms with Crippen LogP contribution in [0.15, 0.2) is 24.3 Å². The highest BCUT2D eigenvalue weighted by Crippen LogP contribution is 2.53.